The van der Waals surface area contributed by atoms with Crippen LogP contribution in [0.15, 0.2) is 341 Å². The lowest BCUT2D eigenvalue weighted by atomic mass is 9.91. The summed E-state index contributed by atoms with van der Waals surface area (Å²) in [6.45, 7) is 19.9. The fourth-order valence-corrected chi connectivity index (χ4v) is 20.5. The zero-order chi connectivity index (χ0) is 99.1. The van der Waals surface area contributed by atoms with Crippen molar-refractivity contribution in [2.45, 2.75) is 81.6 Å². The second-order valence-electron chi connectivity index (χ2n) is 33.2. The van der Waals surface area contributed by atoms with Gasteiger partial charge in [-0.15, -0.1) is 0 Å². The first-order valence-corrected chi connectivity index (χ1v) is 48.2. The summed E-state index contributed by atoms with van der Waals surface area (Å²) in [5.74, 6) is -0.337. The number of benzene rings is 18. The van der Waals surface area contributed by atoms with Crippen LogP contribution in [-0.2, 0) is 12.4 Å². The van der Waals surface area contributed by atoms with Crippen LogP contribution in [0.25, 0.3) is 127 Å². The number of nitrogens with zero attached hydrogens (tertiary/aromatic N) is 1. The second-order valence-corrected chi connectivity index (χ2v) is 39.1. The number of phenols is 7. The fraction of sp³-hybridized carbons (Fsp3) is 0.105. The van der Waals surface area contributed by atoms with Crippen LogP contribution in [0.1, 0.15) is 66.8 Å². The number of aromatic hydroxyl groups is 7. The average Bonchev–Trinajstić information content (AvgIpc) is 1.68. The van der Waals surface area contributed by atoms with E-state index in [-0.39, 0.29) is 38.9 Å². The van der Waals surface area contributed by atoms with Crippen molar-refractivity contribution in [3.63, 3.8) is 0 Å². The van der Waals surface area contributed by atoms with E-state index in [0.29, 0.717) is 55.0 Å². The van der Waals surface area contributed by atoms with Gasteiger partial charge in [0.05, 0.1) is 59.2 Å². The molecule has 696 valence electrons. The molecular weight excluding hydrogens is 2210 g/mol. The van der Waals surface area contributed by atoms with Gasteiger partial charge in [-0.3, -0.25) is 0 Å². The molecule has 0 saturated heterocycles. The maximum atomic E-state index is 13.1. The minimum absolute atomic E-state index is 0.0272. The monoisotopic (exact) mass is 2290 g/mol. The third-order valence-electron chi connectivity index (χ3n) is 22.5. The van der Waals surface area contributed by atoms with E-state index in [1.54, 1.807) is 19.1 Å². The van der Waals surface area contributed by atoms with Crippen molar-refractivity contribution in [2.24, 2.45) is 0 Å². The van der Waals surface area contributed by atoms with Crippen LogP contribution >= 0.6 is 112 Å². The van der Waals surface area contributed by atoms with Crippen molar-refractivity contribution in [2.75, 3.05) is 0 Å². The molecule has 137 heavy (non-hydrogen) atoms. The number of para-hydroxylation sites is 2. The maximum Gasteiger partial charge on any atom is 0.416 e. The van der Waals surface area contributed by atoms with Crippen molar-refractivity contribution in [3.8, 4) is 113 Å². The van der Waals surface area contributed by atoms with E-state index in [1.807, 2.05) is 205 Å². The van der Waals surface area contributed by atoms with Crippen LogP contribution in [0.3, 0.4) is 0 Å². The van der Waals surface area contributed by atoms with Gasteiger partial charge in [-0.2, -0.15) is 26.3 Å². The molecule has 8 nitrogen and oxygen atoms in total. The van der Waals surface area contributed by atoms with Crippen molar-refractivity contribution < 1.29 is 70.9 Å². The molecule has 0 aliphatic heterocycles. The highest BCUT2D eigenvalue weighted by Gasteiger charge is 2.38. The quantitative estimate of drug-likeness (QED) is 0.0621. The number of fused-ring (bicyclic) bond motifs is 6. The molecule has 0 bridgehead atoms. The Morgan fingerprint density at radius 2 is 0.526 bits per heavy atom. The van der Waals surface area contributed by atoms with Gasteiger partial charge in [0.15, 0.2) is 5.75 Å². The highest BCUT2D eigenvalue weighted by Crippen LogP contribution is 2.49. The molecule has 0 unspecified atom stereocenters. The van der Waals surface area contributed by atoms with Gasteiger partial charge in [-0.05, 0) is 424 Å². The van der Waals surface area contributed by atoms with E-state index < -0.39 is 40.9 Å². The van der Waals surface area contributed by atoms with E-state index in [4.69, 9.17) is 0 Å². The van der Waals surface area contributed by atoms with Crippen LogP contribution in [0.2, 0.25) is 0 Å². The Labute approximate surface area is 846 Å². The van der Waals surface area contributed by atoms with Crippen LogP contribution < -0.4 is 0 Å². The molecule has 19 aromatic rings. The van der Waals surface area contributed by atoms with Crippen LogP contribution in [0.4, 0.5) is 35.1 Å². The Hall–Kier alpha value is -12.1. The lowest BCUT2D eigenvalue weighted by Gasteiger charge is -2.15. The first-order chi connectivity index (χ1) is 64.9. The average molecular weight is 2300 g/mol. The third-order valence-corrected chi connectivity index (χ3v) is 26.7. The maximum absolute atomic E-state index is 13.1. The van der Waals surface area contributed by atoms with Crippen LogP contribution in [-0.4, -0.2) is 40.3 Å². The normalized spacial score (nSPS) is 11.2. The molecule has 0 aliphatic rings. The summed E-state index contributed by atoms with van der Waals surface area (Å²) in [6, 6.07) is 94.3. The van der Waals surface area contributed by atoms with Crippen molar-refractivity contribution >= 4 is 166 Å². The highest BCUT2D eigenvalue weighted by molar-refractivity contribution is 9.11. The van der Waals surface area contributed by atoms with Gasteiger partial charge in [-0.25, -0.2) is 8.78 Å². The van der Waals surface area contributed by atoms with Gasteiger partial charge in [0.1, 0.15) is 46.1 Å². The first-order valence-electron chi connectivity index (χ1n) is 42.6. The summed E-state index contributed by atoms with van der Waals surface area (Å²) in [5, 5.41) is 80.8. The van der Waals surface area contributed by atoms with Gasteiger partial charge in [0.25, 0.3) is 0 Å². The molecule has 0 saturated carbocycles. The number of hydrogen-bond donors (Lipinski definition) is 7. The summed E-state index contributed by atoms with van der Waals surface area (Å²) < 4.78 is 110. The number of aromatic nitrogens is 1. The molecule has 0 radical (unpaired) electrons. The number of rotatable bonds is 7. The molecule has 7 N–H and O–H groups in total. The van der Waals surface area contributed by atoms with Gasteiger partial charge in [-0.1, -0.05) is 175 Å². The molecule has 1 heterocycles. The van der Waals surface area contributed by atoms with Crippen LogP contribution in [0, 0.1) is 80.9 Å². The highest BCUT2D eigenvalue weighted by atomic mass is 79.9. The van der Waals surface area contributed by atoms with E-state index >= 15 is 0 Å². The molecule has 0 aliphatic carbocycles. The Morgan fingerprint density at radius 1 is 0.226 bits per heavy atom. The second kappa shape index (κ2) is 43.7. The Kier molecular flexibility index (Phi) is 32.7. The molecule has 0 amide bonds. The molecule has 1 aromatic heterocycles. The predicted octanol–water partition coefficient (Wildman–Crippen LogP) is 37.0. The first kappa shape index (κ1) is 102. The number of aryl methyl sites for hydroxylation is 10. The third kappa shape index (κ3) is 24.0. The molecular formula is C114H88Br7F8NO7. The van der Waals surface area contributed by atoms with E-state index in [9.17, 15) is 70.9 Å². The van der Waals surface area contributed by atoms with E-state index in [2.05, 4.69) is 222 Å². The van der Waals surface area contributed by atoms with Gasteiger partial charge in [0, 0.05) is 55.8 Å². The summed E-state index contributed by atoms with van der Waals surface area (Å²) in [6.07, 6.45) is -9.88. The molecule has 18 aromatic carbocycles. The van der Waals surface area contributed by atoms with Gasteiger partial charge in [0.2, 0.25) is 0 Å². The molecule has 0 fully saturated rings. The Balaban J connectivity index is 0.000000136. The lowest BCUT2D eigenvalue weighted by molar-refractivity contribution is -0.143. The van der Waals surface area contributed by atoms with Crippen LogP contribution in [0.5, 0.6) is 40.2 Å². The van der Waals surface area contributed by atoms with Crippen molar-refractivity contribution in [1.82, 2.24) is 4.57 Å². The summed E-state index contributed by atoms with van der Waals surface area (Å²) in [7, 11) is 0. The number of phenolic OH excluding ortho intramolecular Hbond substituents is 7. The Morgan fingerprint density at radius 3 is 0.942 bits per heavy atom. The van der Waals surface area contributed by atoms with Gasteiger partial charge < -0.3 is 40.3 Å². The molecule has 0 spiro atoms. The molecule has 0 atom stereocenters. The minimum Gasteiger partial charge on any atom is -0.506 e. The summed E-state index contributed by atoms with van der Waals surface area (Å²) in [5.41, 5.74) is 18.8. The fourth-order valence-electron chi connectivity index (χ4n) is 16.5. The SMILES string of the molecule is Cc1cc(Br)c(O)c(-c2c3ccccc3cc3ccccc23)c1.Cc1cc(Br)c(O)c(-c2cc(C(F)(F)F)cc(C(F)(F)F)c2)c1.Cc1cc(Br)c(O)c(-c2cc(F)cc(F)c2)c1.Cc1cc(Br)c(O)c(-c2cccc3ccccc23)c1.Cc1cc(Br)c(O)c(-c2ccccc2)c1.Cc1cc(Br)c(O)c(-n2c3ccccc3c3ccccc32)c1.Cc1cc(C)c(-c2cc(C)cc(Br)c2O)c(C)c1. The van der Waals surface area contributed by atoms with E-state index in [1.165, 1.54) is 67.9 Å². The van der Waals surface area contributed by atoms with Crippen molar-refractivity contribution in [3.05, 3.63) is 419 Å². The topological polar surface area (TPSA) is 147 Å². The number of hydrogen-bond acceptors (Lipinski definition) is 7. The minimum atomic E-state index is -4.94. The zero-order valence-electron chi connectivity index (χ0n) is 75.2. The van der Waals surface area contributed by atoms with E-state index in [0.717, 1.165) is 135 Å². The molecule has 23 heteroatoms. The molecule has 19 rings (SSSR count). The van der Waals surface area contributed by atoms with Gasteiger partial charge >= 0.3 is 12.4 Å². The predicted molar refractivity (Wildman–Crippen MR) is 567 cm³/mol. The largest absolute Gasteiger partial charge is 0.506 e. The number of halogens is 15. The standard InChI is InChI=1S/C21H15BrO.C19H14BrNO.C17H13BrO.C16H17BrO.C15H9BrF6O.C13H9BrF2O.C13H11BrO/c1-13-10-18(21(23)19(22)11-13)20-16-8-4-2-6-14(16)12-15-7-3-5-9-17(15)20;1-12-10-15(20)19(22)18(11-12)21-16-8-4-2-6-13(16)14-7-3-5-9-17(14)21;1-11-9-15(17(19)16(18)10-11)14-8-4-6-12-5-2-3-7-13(12)14;1-9-5-11(3)15(12(4)6-9)13-7-10(2)8-14(17)16(13)18;1-7-2-11(13(23)12(16)3-7)8-4-9(14(17,18)19)6-10(5-8)15(20,21)22;1-7-2-11(13(17)12(14)3-7)8-4-9(15)6-10(16)5-8;1-9-7-11(13(15)12(14)8-9)10-5-3-2-4-6-10/h2-12,23H,1H3;2-11,22H,1H3;2-10,19H,1H3;5-8,18H,1-4H3;2-6,23H,1H3;2-6,17H,1H3;2-8,15H,1H3. The smallest absolute Gasteiger partial charge is 0.416 e. The van der Waals surface area contributed by atoms with Crippen molar-refractivity contribution in [1.29, 1.82) is 0 Å². The lowest BCUT2D eigenvalue weighted by Crippen LogP contribution is -2.11. The summed E-state index contributed by atoms with van der Waals surface area (Å²) >= 11 is 23.3. The zero-order valence-corrected chi connectivity index (χ0v) is 86.3. The number of alkyl halides is 6. The Bertz CT molecular complexity index is 7610. The summed E-state index contributed by atoms with van der Waals surface area (Å²) in [4.78, 5) is 0.